The number of hydrogen-bond donors (Lipinski definition) is 1. The second-order valence-electron chi connectivity index (χ2n) is 5.75. The number of likely N-dealkylation sites (tertiary alicyclic amines) is 1. The van der Waals surface area contributed by atoms with E-state index in [4.69, 9.17) is 9.47 Å². The van der Waals surface area contributed by atoms with Gasteiger partial charge in [-0.25, -0.2) is 0 Å². The number of hydrogen-bond acceptors (Lipinski definition) is 4. The number of carbonyl (C=O) groups is 1. The van der Waals surface area contributed by atoms with E-state index in [1.54, 1.807) is 6.07 Å². The lowest BCUT2D eigenvalue weighted by Gasteiger charge is -2.30. The Morgan fingerprint density at radius 3 is 2.62 bits per heavy atom. The molecule has 24 heavy (non-hydrogen) atoms. The van der Waals surface area contributed by atoms with Crippen molar-refractivity contribution in [1.82, 2.24) is 10.2 Å². The predicted octanol–water partition coefficient (Wildman–Crippen LogP) is 1.96. The van der Waals surface area contributed by atoms with Gasteiger partial charge in [0.15, 0.2) is 5.60 Å². The van der Waals surface area contributed by atoms with Crippen LogP contribution in [0.25, 0.3) is 0 Å². The number of amides is 1. The first kappa shape index (κ1) is 18.5. The van der Waals surface area contributed by atoms with Gasteiger partial charge in [-0.05, 0) is 12.5 Å². The van der Waals surface area contributed by atoms with Crippen LogP contribution in [0.4, 0.5) is 13.2 Å². The smallest absolute Gasteiger partial charge is 0.418 e. The number of carbonyl (C=O) groups excluding carboxylic acids is 1. The summed E-state index contributed by atoms with van der Waals surface area (Å²) in [6, 6.07) is 7.23. The maximum atomic E-state index is 13.1. The third-order valence-electron chi connectivity index (χ3n) is 4.25. The molecule has 8 heteroatoms. The van der Waals surface area contributed by atoms with Crippen molar-refractivity contribution >= 4 is 5.91 Å². The first-order valence-electron chi connectivity index (χ1n) is 7.54. The molecule has 1 aliphatic rings. The van der Waals surface area contributed by atoms with Crippen LogP contribution in [0.5, 0.6) is 5.75 Å². The highest BCUT2D eigenvalue weighted by Gasteiger charge is 2.58. The fraction of sp³-hybridized carbons (Fsp3) is 0.562. The summed E-state index contributed by atoms with van der Waals surface area (Å²) in [6.45, 7) is -0.0216. The Morgan fingerprint density at radius 1 is 1.33 bits per heavy atom. The average Bonchev–Trinajstić information content (AvgIpc) is 2.97. The predicted molar refractivity (Wildman–Crippen MR) is 81.7 cm³/mol. The Balaban J connectivity index is 1.88. The number of ether oxygens (including phenoxy) is 2. The molecule has 0 spiro atoms. The molecule has 1 aromatic rings. The molecule has 0 saturated carbocycles. The SMILES string of the molecule is COc1ccccc1CNC(=O)CN1CCC(OC)(C(F)(F)F)C1. The standard InChI is InChI=1S/C16H21F3N2O3/c1-23-13-6-4-3-5-12(13)9-20-14(22)10-21-8-7-15(11-21,24-2)16(17,18)19/h3-6H,7-11H2,1-2H3,(H,20,22). The summed E-state index contributed by atoms with van der Waals surface area (Å²) in [6.07, 6.45) is -4.63. The third kappa shape index (κ3) is 3.99. The summed E-state index contributed by atoms with van der Waals surface area (Å²) in [5.74, 6) is 0.310. The lowest BCUT2D eigenvalue weighted by Crippen LogP contribution is -2.49. The van der Waals surface area contributed by atoms with Crippen LogP contribution in [0.2, 0.25) is 0 Å². The number of rotatable bonds is 6. The van der Waals surface area contributed by atoms with Crippen LogP contribution in [0.1, 0.15) is 12.0 Å². The van der Waals surface area contributed by atoms with Gasteiger partial charge in [-0.1, -0.05) is 18.2 Å². The largest absolute Gasteiger partial charge is 0.496 e. The highest BCUT2D eigenvalue weighted by atomic mass is 19.4. The minimum atomic E-state index is -4.45. The van der Waals surface area contributed by atoms with Gasteiger partial charge < -0.3 is 14.8 Å². The molecule has 1 aliphatic heterocycles. The zero-order valence-corrected chi connectivity index (χ0v) is 13.7. The number of halogens is 3. The van der Waals surface area contributed by atoms with Crippen LogP contribution in [-0.4, -0.2) is 56.4 Å². The summed E-state index contributed by atoms with van der Waals surface area (Å²) < 4.78 is 49.2. The number of methoxy groups -OCH3 is 2. The van der Waals surface area contributed by atoms with Crippen LogP contribution in [0.3, 0.4) is 0 Å². The average molecular weight is 346 g/mol. The maximum Gasteiger partial charge on any atom is 0.418 e. The van der Waals surface area contributed by atoms with Crippen molar-refractivity contribution in [3.8, 4) is 5.75 Å². The number of benzene rings is 1. The monoisotopic (exact) mass is 346 g/mol. The minimum absolute atomic E-state index is 0.101. The Kier molecular flexibility index (Phi) is 5.71. The molecule has 1 amide bonds. The van der Waals surface area contributed by atoms with Crippen LogP contribution in [0, 0.1) is 0 Å². The molecule has 1 unspecified atom stereocenters. The highest BCUT2D eigenvalue weighted by molar-refractivity contribution is 5.78. The van der Waals surface area contributed by atoms with Gasteiger partial charge in [0.1, 0.15) is 5.75 Å². The van der Waals surface area contributed by atoms with E-state index in [9.17, 15) is 18.0 Å². The molecule has 2 rings (SSSR count). The van der Waals surface area contributed by atoms with Gasteiger partial charge in [0.25, 0.3) is 0 Å². The molecule has 5 nitrogen and oxygen atoms in total. The second-order valence-corrected chi connectivity index (χ2v) is 5.75. The van der Waals surface area contributed by atoms with E-state index < -0.39 is 11.8 Å². The van der Waals surface area contributed by atoms with Crippen molar-refractivity contribution in [1.29, 1.82) is 0 Å². The van der Waals surface area contributed by atoms with E-state index in [2.05, 4.69) is 5.32 Å². The van der Waals surface area contributed by atoms with E-state index in [1.165, 1.54) is 12.0 Å². The Bertz CT molecular complexity index is 580. The van der Waals surface area contributed by atoms with E-state index in [-0.39, 0.29) is 38.5 Å². The van der Waals surface area contributed by atoms with Gasteiger partial charge in [-0.15, -0.1) is 0 Å². The molecule has 1 aromatic carbocycles. The Morgan fingerprint density at radius 2 is 2.04 bits per heavy atom. The molecule has 1 saturated heterocycles. The quantitative estimate of drug-likeness (QED) is 0.856. The highest BCUT2D eigenvalue weighted by Crippen LogP contribution is 2.40. The Labute approximate surface area is 138 Å². The number of nitrogens with zero attached hydrogens (tertiary/aromatic N) is 1. The maximum absolute atomic E-state index is 13.1. The molecule has 0 bridgehead atoms. The molecule has 1 atom stereocenters. The van der Waals surface area contributed by atoms with Crippen molar-refractivity contribution in [2.45, 2.75) is 24.7 Å². The first-order valence-corrected chi connectivity index (χ1v) is 7.54. The molecular weight excluding hydrogens is 325 g/mol. The number of nitrogens with one attached hydrogen (secondary N) is 1. The van der Waals surface area contributed by atoms with Gasteiger partial charge in [-0.3, -0.25) is 9.69 Å². The topological polar surface area (TPSA) is 50.8 Å². The molecular formula is C16H21F3N2O3. The van der Waals surface area contributed by atoms with E-state index in [0.717, 1.165) is 12.7 Å². The van der Waals surface area contributed by atoms with Gasteiger partial charge in [0, 0.05) is 32.3 Å². The molecule has 1 fully saturated rings. The summed E-state index contributed by atoms with van der Waals surface area (Å²) in [4.78, 5) is 13.5. The van der Waals surface area contributed by atoms with Crippen LogP contribution in [0.15, 0.2) is 24.3 Å². The van der Waals surface area contributed by atoms with Crippen LogP contribution < -0.4 is 10.1 Å². The summed E-state index contributed by atoms with van der Waals surface area (Å²) >= 11 is 0. The second kappa shape index (κ2) is 7.40. The molecule has 0 aliphatic carbocycles. The van der Waals surface area contributed by atoms with Crippen LogP contribution in [-0.2, 0) is 16.1 Å². The summed E-state index contributed by atoms with van der Waals surface area (Å²) in [5.41, 5.74) is -1.38. The van der Waals surface area contributed by atoms with Gasteiger partial charge >= 0.3 is 6.18 Å². The summed E-state index contributed by atoms with van der Waals surface area (Å²) in [5, 5.41) is 2.70. The number of para-hydroxylation sites is 1. The molecule has 1 heterocycles. The lowest BCUT2D eigenvalue weighted by atomic mass is 10.0. The normalized spacial score (nSPS) is 21.7. The fourth-order valence-corrected chi connectivity index (χ4v) is 2.81. The zero-order valence-electron chi connectivity index (χ0n) is 13.7. The van der Waals surface area contributed by atoms with Gasteiger partial charge in [0.2, 0.25) is 5.91 Å². The van der Waals surface area contributed by atoms with Crippen LogP contribution >= 0.6 is 0 Å². The summed E-state index contributed by atoms with van der Waals surface area (Å²) in [7, 11) is 2.59. The van der Waals surface area contributed by atoms with Crippen molar-refractivity contribution in [3.05, 3.63) is 29.8 Å². The first-order chi connectivity index (χ1) is 11.3. The van der Waals surface area contributed by atoms with Crippen molar-refractivity contribution in [2.24, 2.45) is 0 Å². The van der Waals surface area contributed by atoms with E-state index in [0.29, 0.717) is 5.75 Å². The molecule has 1 N–H and O–H groups in total. The molecule has 134 valence electrons. The van der Waals surface area contributed by atoms with Gasteiger partial charge in [-0.2, -0.15) is 13.2 Å². The van der Waals surface area contributed by atoms with Crippen molar-refractivity contribution in [3.63, 3.8) is 0 Å². The van der Waals surface area contributed by atoms with E-state index >= 15 is 0 Å². The van der Waals surface area contributed by atoms with Gasteiger partial charge in [0.05, 0.1) is 13.7 Å². The van der Waals surface area contributed by atoms with E-state index in [1.807, 2.05) is 18.2 Å². The zero-order chi connectivity index (χ0) is 17.8. The minimum Gasteiger partial charge on any atom is -0.496 e. The third-order valence-corrected chi connectivity index (χ3v) is 4.25. The number of alkyl halides is 3. The molecule has 0 aromatic heterocycles. The van der Waals surface area contributed by atoms with Crippen molar-refractivity contribution < 1.29 is 27.4 Å². The Hall–Kier alpha value is -1.80. The fourth-order valence-electron chi connectivity index (χ4n) is 2.81. The molecule has 0 radical (unpaired) electrons. The van der Waals surface area contributed by atoms with Crippen molar-refractivity contribution in [2.75, 3.05) is 33.9 Å². The lowest BCUT2D eigenvalue weighted by molar-refractivity contribution is -0.263.